The summed E-state index contributed by atoms with van der Waals surface area (Å²) in [6.45, 7) is 2.00. The predicted octanol–water partition coefficient (Wildman–Crippen LogP) is 2.33. The van der Waals surface area contributed by atoms with Crippen LogP contribution in [0.25, 0.3) is 0 Å². The molecular weight excluding hydrogens is 350 g/mol. The maximum Gasteiger partial charge on any atom is 0.337 e. The Hall–Kier alpha value is -1.86. The van der Waals surface area contributed by atoms with Crippen LogP contribution in [0.3, 0.4) is 0 Å². The summed E-state index contributed by atoms with van der Waals surface area (Å²) in [5, 5.41) is 20.7. The SMILES string of the molecule is O=C(O)[C@@H](O)c1ccccc1.[O-][S@@+]1Cc2ccccc2C12CCNCC2. The third-order valence-corrected chi connectivity index (χ3v) is 7.06. The third-order valence-electron chi connectivity index (χ3n) is 4.99. The van der Waals surface area contributed by atoms with Gasteiger partial charge < -0.3 is 20.1 Å². The van der Waals surface area contributed by atoms with Gasteiger partial charge in [0.25, 0.3) is 0 Å². The van der Waals surface area contributed by atoms with Crippen molar-refractivity contribution in [3.63, 3.8) is 0 Å². The van der Waals surface area contributed by atoms with E-state index in [1.165, 1.54) is 11.1 Å². The molecule has 2 heterocycles. The molecule has 0 aromatic heterocycles. The predicted molar refractivity (Wildman–Crippen MR) is 101 cm³/mol. The topological polar surface area (TPSA) is 92.6 Å². The van der Waals surface area contributed by atoms with Crippen LogP contribution in [0.15, 0.2) is 54.6 Å². The molecule has 0 bridgehead atoms. The molecule has 2 aliphatic rings. The quantitative estimate of drug-likeness (QED) is 0.703. The molecule has 0 saturated carbocycles. The van der Waals surface area contributed by atoms with Gasteiger partial charge in [0, 0.05) is 37.1 Å². The molecule has 2 aromatic carbocycles. The molecule has 2 atom stereocenters. The minimum atomic E-state index is -1.41. The van der Waals surface area contributed by atoms with Crippen LogP contribution in [-0.2, 0) is 26.5 Å². The molecule has 4 rings (SSSR count). The van der Waals surface area contributed by atoms with Gasteiger partial charge in [-0.15, -0.1) is 0 Å². The van der Waals surface area contributed by atoms with E-state index in [1.807, 2.05) is 0 Å². The molecule has 0 aliphatic carbocycles. The first-order chi connectivity index (χ1) is 12.5. The van der Waals surface area contributed by atoms with Crippen molar-refractivity contribution in [1.29, 1.82) is 0 Å². The monoisotopic (exact) mass is 373 g/mol. The Morgan fingerprint density at radius 3 is 2.35 bits per heavy atom. The van der Waals surface area contributed by atoms with E-state index in [2.05, 4.69) is 29.6 Å². The van der Waals surface area contributed by atoms with E-state index in [4.69, 9.17) is 10.2 Å². The van der Waals surface area contributed by atoms with Crippen LogP contribution in [-0.4, -0.2) is 33.8 Å². The first kappa shape index (κ1) is 18.9. The number of fused-ring (bicyclic) bond motifs is 2. The van der Waals surface area contributed by atoms with E-state index in [9.17, 15) is 9.35 Å². The molecule has 1 saturated heterocycles. The number of carboxylic acid groups (broad SMARTS) is 1. The number of hydrogen-bond donors (Lipinski definition) is 3. The molecule has 0 radical (unpaired) electrons. The maximum atomic E-state index is 12.3. The van der Waals surface area contributed by atoms with Crippen LogP contribution in [0.1, 0.15) is 35.6 Å². The summed E-state index contributed by atoms with van der Waals surface area (Å²) in [6, 6.07) is 16.7. The van der Waals surface area contributed by atoms with Gasteiger partial charge >= 0.3 is 5.97 Å². The number of benzene rings is 2. The second kappa shape index (κ2) is 8.22. The molecule has 0 unspecified atom stereocenters. The number of hydrogen-bond acceptors (Lipinski definition) is 4. The first-order valence-corrected chi connectivity index (χ1v) is 10.00. The van der Waals surface area contributed by atoms with E-state index in [0.717, 1.165) is 31.7 Å². The minimum Gasteiger partial charge on any atom is -0.615 e. The fraction of sp³-hybridized carbons (Fsp3) is 0.350. The van der Waals surface area contributed by atoms with Crippen LogP contribution in [0.5, 0.6) is 0 Å². The lowest BCUT2D eigenvalue weighted by atomic mass is 9.87. The standard InChI is InChI=1S/C12H15NOS.C8H8O3/c14-15-9-10-3-1-2-4-11(10)12(15)5-7-13-8-6-12;9-7(8(10)11)6-4-2-1-3-5-6/h1-4,13H,5-9H2;1-5,7,9H,(H,10,11)/t15-;7-/m00/s1. The van der Waals surface area contributed by atoms with Gasteiger partial charge in [-0.1, -0.05) is 54.6 Å². The Morgan fingerprint density at radius 1 is 1.08 bits per heavy atom. The number of aliphatic hydroxyl groups excluding tert-OH is 1. The lowest BCUT2D eigenvalue weighted by molar-refractivity contribution is -0.146. The normalized spacial score (nSPS) is 21.4. The van der Waals surface area contributed by atoms with Crippen molar-refractivity contribution in [2.75, 3.05) is 13.1 Å². The van der Waals surface area contributed by atoms with Crippen molar-refractivity contribution >= 4 is 17.1 Å². The lowest BCUT2D eigenvalue weighted by Crippen LogP contribution is -2.43. The van der Waals surface area contributed by atoms with E-state index in [1.54, 1.807) is 30.3 Å². The van der Waals surface area contributed by atoms with Crippen LogP contribution in [0.2, 0.25) is 0 Å². The Morgan fingerprint density at radius 2 is 1.69 bits per heavy atom. The average molecular weight is 373 g/mol. The summed E-state index contributed by atoms with van der Waals surface area (Å²) >= 11 is -0.704. The third kappa shape index (κ3) is 3.78. The van der Waals surface area contributed by atoms with Gasteiger partial charge in [0.1, 0.15) is 5.75 Å². The molecule has 1 fully saturated rings. The molecule has 3 N–H and O–H groups in total. The van der Waals surface area contributed by atoms with Gasteiger partial charge in [-0.2, -0.15) is 0 Å². The largest absolute Gasteiger partial charge is 0.615 e. The van der Waals surface area contributed by atoms with Gasteiger partial charge in [-0.3, -0.25) is 0 Å². The van der Waals surface area contributed by atoms with Gasteiger partial charge in [-0.05, 0) is 16.7 Å². The summed E-state index contributed by atoms with van der Waals surface area (Å²) in [6.07, 6.45) is 0.643. The molecule has 5 nitrogen and oxygen atoms in total. The number of nitrogens with one attached hydrogen (secondary N) is 1. The summed E-state index contributed by atoms with van der Waals surface area (Å²) < 4.78 is 12.3. The molecule has 26 heavy (non-hydrogen) atoms. The highest BCUT2D eigenvalue weighted by Gasteiger charge is 2.50. The van der Waals surface area contributed by atoms with Crippen molar-refractivity contribution in [3.8, 4) is 0 Å². The molecule has 1 spiro atoms. The van der Waals surface area contributed by atoms with Gasteiger partial charge in [0.15, 0.2) is 10.9 Å². The smallest absolute Gasteiger partial charge is 0.337 e. The van der Waals surface area contributed by atoms with Crippen molar-refractivity contribution in [2.45, 2.75) is 29.4 Å². The number of piperidine rings is 1. The average Bonchev–Trinajstić information content (AvgIpc) is 2.94. The first-order valence-electron chi connectivity index (χ1n) is 8.68. The van der Waals surface area contributed by atoms with Crippen LogP contribution in [0.4, 0.5) is 0 Å². The van der Waals surface area contributed by atoms with Gasteiger partial charge in [-0.25, -0.2) is 4.79 Å². The molecule has 6 heteroatoms. The van der Waals surface area contributed by atoms with Crippen molar-refractivity contribution < 1.29 is 19.6 Å². The molecular formula is C20H23NO4S. The van der Waals surface area contributed by atoms with E-state index in [-0.39, 0.29) is 4.75 Å². The minimum absolute atomic E-state index is 0.0259. The van der Waals surface area contributed by atoms with Crippen LogP contribution >= 0.6 is 0 Å². The second-order valence-electron chi connectivity index (χ2n) is 6.54. The zero-order valence-corrected chi connectivity index (χ0v) is 15.2. The highest BCUT2D eigenvalue weighted by atomic mass is 32.2. The number of aliphatic carboxylic acids is 1. The van der Waals surface area contributed by atoms with E-state index < -0.39 is 23.2 Å². The van der Waals surface area contributed by atoms with Crippen molar-refractivity contribution in [2.24, 2.45) is 0 Å². The fourth-order valence-electron chi connectivity index (χ4n) is 3.60. The Balaban J connectivity index is 0.000000160. The van der Waals surface area contributed by atoms with Crippen LogP contribution < -0.4 is 5.32 Å². The Kier molecular flexibility index (Phi) is 5.98. The second-order valence-corrected chi connectivity index (χ2v) is 8.30. The Labute approximate surface area is 156 Å². The molecule has 138 valence electrons. The fourth-order valence-corrected chi connectivity index (χ4v) is 5.51. The lowest BCUT2D eigenvalue weighted by Gasteiger charge is -2.34. The van der Waals surface area contributed by atoms with Crippen molar-refractivity contribution in [3.05, 3.63) is 71.3 Å². The van der Waals surface area contributed by atoms with Gasteiger partial charge in [0.2, 0.25) is 0 Å². The van der Waals surface area contributed by atoms with Gasteiger partial charge in [0.05, 0.1) is 0 Å². The zero-order chi connectivity index (χ0) is 18.6. The van der Waals surface area contributed by atoms with E-state index in [0.29, 0.717) is 5.56 Å². The van der Waals surface area contributed by atoms with Crippen molar-refractivity contribution in [1.82, 2.24) is 5.32 Å². The summed E-state index contributed by atoms with van der Waals surface area (Å²) in [5.74, 6) is -0.466. The molecule has 2 aromatic rings. The number of rotatable bonds is 2. The summed E-state index contributed by atoms with van der Waals surface area (Å²) in [7, 11) is 0. The van der Waals surface area contributed by atoms with Crippen LogP contribution in [0, 0.1) is 0 Å². The summed E-state index contributed by atoms with van der Waals surface area (Å²) in [5.41, 5.74) is 3.06. The molecule has 0 amide bonds. The highest BCUT2D eigenvalue weighted by molar-refractivity contribution is 7.92. The Bertz CT molecular complexity index is 746. The number of carboxylic acids is 1. The van der Waals surface area contributed by atoms with E-state index >= 15 is 0 Å². The number of carbonyl (C=O) groups is 1. The highest BCUT2D eigenvalue weighted by Crippen LogP contribution is 2.47. The zero-order valence-electron chi connectivity index (χ0n) is 14.4. The number of aliphatic hydroxyl groups is 1. The molecule has 2 aliphatic heterocycles. The summed E-state index contributed by atoms with van der Waals surface area (Å²) in [4.78, 5) is 10.2. The maximum absolute atomic E-state index is 12.3.